The zero-order valence-electron chi connectivity index (χ0n) is 17.7. The SMILES string of the molecule is CCOc1ccc(-n2cccc2C2C(c3ccccn3)NC(=S)N2Cc2ccco2)cc1. The third-order valence-corrected chi connectivity index (χ3v) is 5.97. The molecule has 7 heteroatoms. The van der Waals surface area contributed by atoms with Crippen molar-refractivity contribution in [2.24, 2.45) is 0 Å². The summed E-state index contributed by atoms with van der Waals surface area (Å²) in [6, 6.07) is 22.0. The molecule has 1 N–H and O–H groups in total. The van der Waals surface area contributed by atoms with Crippen LogP contribution in [0.1, 0.15) is 36.2 Å². The van der Waals surface area contributed by atoms with E-state index in [1.807, 2.05) is 55.6 Å². The predicted molar refractivity (Wildman–Crippen MR) is 127 cm³/mol. The first-order valence-electron chi connectivity index (χ1n) is 10.7. The third-order valence-electron chi connectivity index (χ3n) is 5.61. The number of nitrogens with one attached hydrogen (secondary N) is 1. The Balaban J connectivity index is 1.56. The lowest BCUT2D eigenvalue weighted by Crippen LogP contribution is -2.29. The number of ether oxygens (including phenoxy) is 1. The molecule has 4 heterocycles. The van der Waals surface area contributed by atoms with Gasteiger partial charge < -0.3 is 23.9 Å². The number of aromatic nitrogens is 2. The molecule has 32 heavy (non-hydrogen) atoms. The number of hydrogen-bond acceptors (Lipinski definition) is 4. The van der Waals surface area contributed by atoms with E-state index in [4.69, 9.17) is 21.4 Å². The standard InChI is InChI=1S/C25H24N4O2S/c1-2-30-19-12-10-18(11-13-19)28-15-5-9-22(28)24-23(21-8-3-4-14-26-21)27-25(32)29(24)17-20-7-6-16-31-20/h3-16,23-24H,2,17H2,1H3,(H,27,32). The lowest BCUT2D eigenvalue weighted by molar-refractivity contribution is 0.280. The summed E-state index contributed by atoms with van der Waals surface area (Å²) in [5.74, 6) is 1.72. The van der Waals surface area contributed by atoms with Crippen LogP contribution in [0, 0.1) is 0 Å². The molecule has 1 aliphatic rings. The van der Waals surface area contributed by atoms with Crippen LogP contribution >= 0.6 is 12.2 Å². The largest absolute Gasteiger partial charge is 0.494 e. The first kappa shape index (κ1) is 20.3. The molecule has 1 saturated heterocycles. The molecule has 5 rings (SSSR count). The Labute approximate surface area is 192 Å². The monoisotopic (exact) mass is 444 g/mol. The van der Waals surface area contributed by atoms with E-state index in [0.29, 0.717) is 18.3 Å². The van der Waals surface area contributed by atoms with Crippen molar-refractivity contribution in [2.75, 3.05) is 6.61 Å². The van der Waals surface area contributed by atoms with Crippen molar-refractivity contribution in [2.45, 2.75) is 25.6 Å². The maximum Gasteiger partial charge on any atom is 0.170 e. The number of nitrogens with zero attached hydrogens (tertiary/aromatic N) is 3. The van der Waals surface area contributed by atoms with E-state index in [1.165, 1.54) is 0 Å². The Hall–Kier alpha value is -3.58. The zero-order chi connectivity index (χ0) is 21.9. The highest BCUT2D eigenvalue weighted by Crippen LogP contribution is 2.40. The van der Waals surface area contributed by atoms with Crippen LogP contribution < -0.4 is 10.1 Å². The number of furan rings is 1. The maximum atomic E-state index is 5.77. The highest BCUT2D eigenvalue weighted by Gasteiger charge is 2.41. The molecule has 0 amide bonds. The van der Waals surface area contributed by atoms with Crippen LogP contribution in [0.2, 0.25) is 0 Å². The van der Waals surface area contributed by atoms with Crippen LogP contribution in [0.3, 0.4) is 0 Å². The van der Waals surface area contributed by atoms with Crippen LogP contribution in [0.25, 0.3) is 5.69 Å². The van der Waals surface area contributed by atoms with Crippen molar-refractivity contribution < 1.29 is 9.15 Å². The van der Waals surface area contributed by atoms with Crippen LogP contribution in [0.5, 0.6) is 5.75 Å². The van der Waals surface area contributed by atoms with Gasteiger partial charge in [-0.15, -0.1) is 0 Å². The lowest BCUT2D eigenvalue weighted by atomic mass is 10.0. The Morgan fingerprint density at radius 2 is 1.94 bits per heavy atom. The van der Waals surface area contributed by atoms with E-state index in [0.717, 1.165) is 28.6 Å². The van der Waals surface area contributed by atoms with Crippen molar-refractivity contribution in [1.29, 1.82) is 0 Å². The molecule has 4 aromatic rings. The van der Waals surface area contributed by atoms with E-state index in [9.17, 15) is 0 Å². The summed E-state index contributed by atoms with van der Waals surface area (Å²) < 4.78 is 13.4. The normalized spacial score (nSPS) is 18.0. The fourth-order valence-electron chi connectivity index (χ4n) is 4.21. The van der Waals surface area contributed by atoms with Crippen LogP contribution in [0.15, 0.2) is 89.8 Å². The summed E-state index contributed by atoms with van der Waals surface area (Å²) in [6.45, 7) is 3.20. The van der Waals surface area contributed by atoms with Gasteiger partial charge in [-0.1, -0.05) is 6.07 Å². The van der Waals surface area contributed by atoms with Crippen LogP contribution in [0.4, 0.5) is 0 Å². The molecular weight excluding hydrogens is 420 g/mol. The van der Waals surface area contributed by atoms with Gasteiger partial charge in [-0.25, -0.2) is 0 Å². The quantitative estimate of drug-likeness (QED) is 0.403. The molecule has 3 aromatic heterocycles. The topological polar surface area (TPSA) is 55.5 Å². The maximum absolute atomic E-state index is 5.77. The Morgan fingerprint density at radius 1 is 1.06 bits per heavy atom. The molecule has 1 fully saturated rings. The zero-order valence-corrected chi connectivity index (χ0v) is 18.5. The van der Waals surface area contributed by atoms with Crippen molar-refractivity contribution in [3.8, 4) is 11.4 Å². The average Bonchev–Trinajstić information content (AvgIpc) is 3.57. The number of rotatable bonds is 7. The number of benzene rings is 1. The molecule has 1 aromatic carbocycles. The van der Waals surface area contributed by atoms with E-state index in [-0.39, 0.29) is 12.1 Å². The second-order valence-corrected chi connectivity index (χ2v) is 7.95. The average molecular weight is 445 g/mol. The highest BCUT2D eigenvalue weighted by molar-refractivity contribution is 7.80. The van der Waals surface area contributed by atoms with E-state index >= 15 is 0 Å². The van der Waals surface area contributed by atoms with Crippen molar-refractivity contribution in [1.82, 2.24) is 19.8 Å². The summed E-state index contributed by atoms with van der Waals surface area (Å²) in [5, 5.41) is 4.18. The summed E-state index contributed by atoms with van der Waals surface area (Å²) in [6.07, 6.45) is 5.58. The molecule has 0 bridgehead atoms. The van der Waals surface area contributed by atoms with E-state index in [1.54, 1.807) is 6.26 Å². The fourth-order valence-corrected chi connectivity index (χ4v) is 4.51. The summed E-state index contributed by atoms with van der Waals surface area (Å²) in [7, 11) is 0. The van der Waals surface area contributed by atoms with Crippen molar-refractivity contribution >= 4 is 17.3 Å². The molecule has 162 valence electrons. The fraction of sp³-hybridized carbons (Fsp3) is 0.200. The summed E-state index contributed by atoms with van der Waals surface area (Å²) in [5.41, 5.74) is 3.12. The lowest BCUT2D eigenvalue weighted by Gasteiger charge is -2.28. The smallest absolute Gasteiger partial charge is 0.170 e. The van der Waals surface area contributed by atoms with Gasteiger partial charge in [0.25, 0.3) is 0 Å². The molecule has 0 saturated carbocycles. The van der Waals surface area contributed by atoms with Gasteiger partial charge in [-0.05, 0) is 79.8 Å². The first-order chi connectivity index (χ1) is 15.7. The van der Waals surface area contributed by atoms with E-state index < -0.39 is 0 Å². The highest BCUT2D eigenvalue weighted by atomic mass is 32.1. The molecule has 2 atom stereocenters. The molecule has 2 unspecified atom stereocenters. The number of thiocarbonyl (C=S) groups is 1. The molecule has 6 nitrogen and oxygen atoms in total. The number of hydrogen-bond donors (Lipinski definition) is 1. The summed E-state index contributed by atoms with van der Waals surface area (Å²) in [4.78, 5) is 6.80. The predicted octanol–water partition coefficient (Wildman–Crippen LogP) is 5.04. The molecule has 1 aliphatic heterocycles. The molecular formula is C25H24N4O2S. The Bertz CT molecular complexity index is 1170. The van der Waals surface area contributed by atoms with Gasteiger partial charge in [0.15, 0.2) is 5.11 Å². The van der Waals surface area contributed by atoms with Gasteiger partial charge in [0, 0.05) is 23.8 Å². The summed E-state index contributed by atoms with van der Waals surface area (Å²) >= 11 is 5.77. The second kappa shape index (κ2) is 8.88. The van der Waals surface area contributed by atoms with Gasteiger partial charge in [-0.3, -0.25) is 4.98 Å². The Morgan fingerprint density at radius 3 is 2.66 bits per heavy atom. The van der Waals surface area contributed by atoms with Gasteiger partial charge in [0.2, 0.25) is 0 Å². The van der Waals surface area contributed by atoms with Crippen LogP contribution in [-0.4, -0.2) is 26.2 Å². The minimum Gasteiger partial charge on any atom is -0.494 e. The Kier molecular flexibility index (Phi) is 5.64. The third kappa shape index (κ3) is 3.87. The second-order valence-electron chi connectivity index (χ2n) is 7.56. The van der Waals surface area contributed by atoms with Crippen molar-refractivity contribution in [3.05, 3.63) is 103 Å². The van der Waals surface area contributed by atoms with Gasteiger partial charge in [0.1, 0.15) is 11.5 Å². The van der Waals surface area contributed by atoms with Gasteiger partial charge in [-0.2, -0.15) is 0 Å². The molecule has 0 spiro atoms. The molecule has 0 aliphatic carbocycles. The molecule has 0 radical (unpaired) electrons. The number of pyridine rings is 1. The minimum atomic E-state index is -0.0880. The van der Waals surface area contributed by atoms with Crippen LogP contribution in [-0.2, 0) is 6.54 Å². The van der Waals surface area contributed by atoms with E-state index in [2.05, 4.69) is 50.2 Å². The first-order valence-corrected chi connectivity index (χ1v) is 11.1. The van der Waals surface area contributed by atoms with Crippen molar-refractivity contribution in [3.63, 3.8) is 0 Å². The van der Waals surface area contributed by atoms with Gasteiger partial charge >= 0.3 is 0 Å². The van der Waals surface area contributed by atoms with Gasteiger partial charge in [0.05, 0.1) is 37.2 Å². The minimum absolute atomic E-state index is 0.0657.